The molecule has 5 rings (SSSR count). The zero-order valence-electron chi connectivity index (χ0n) is 11.2. The van der Waals surface area contributed by atoms with Crippen molar-refractivity contribution in [3.05, 3.63) is 0 Å². The van der Waals surface area contributed by atoms with Gasteiger partial charge in [-0.15, -0.1) is 0 Å². The Morgan fingerprint density at radius 2 is 1.61 bits per heavy atom. The van der Waals surface area contributed by atoms with Gasteiger partial charge in [-0.2, -0.15) is 0 Å². The molecule has 4 aliphatic carbocycles. The molecule has 0 radical (unpaired) electrons. The van der Waals surface area contributed by atoms with E-state index in [9.17, 15) is 4.79 Å². The van der Waals surface area contributed by atoms with Crippen LogP contribution in [0, 0.1) is 29.6 Å². The van der Waals surface area contributed by atoms with Gasteiger partial charge in [-0.1, -0.05) is 0 Å². The monoisotopic (exact) mass is 248 g/mol. The van der Waals surface area contributed by atoms with Gasteiger partial charge in [0.15, 0.2) is 0 Å². The number of nitrogens with one attached hydrogen (secondary N) is 2. The average Bonchev–Trinajstić information content (AvgIpc) is 2.31. The summed E-state index contributed by atoms with van der Waals surface area (Å²) in [5.74, 6) is 4.43. The number of rotatable bonds is 1. The number of carbonyl (C=O) groups excluding carboxylic acids is 1. The third-order valence-electron chi connectivity index (χ3n) is 6.27. The van der Waals surface area contributed by atoms with Crippen LogP contribution >= 0.6 is 0 Å². The minimum absolute atomic E-state index is 0.256. The lowest BCUT2D eigenvalue weighted by atomic mass is 9.48. The summed E-state index contributed by atoms with van der Waals surface area (Å²) in [5.41, 5.74) is -0.291. The molecular formula is C15H24N2O. The second-order valence-electron chi connectivity index (χ2n) is 7.34. The third kappa shape index (κ3) is 1.43. The molecule has 1 amide bonds. The highest BCUT2D eigenvalue weighted by Gasteiger charge is 2.56. The Labute approximate surface area is 109 Å². The van der Waals surface area contributed by atoms with Crippen LogP contribution in [-0.4, -0.2) is 24.5 Å². The predicted octanol–water partition coefficient (Wildman–Crippen LogP) is 1.54. The molecule has 0 aromatic rings. The van der Waals surface area contributed by atoms with E-state index in [1.165, 1.54) is 32.1 Å². The topological polar surface area (TPSA) is 41.1 Å². The van der Waals surface area contributed by atoms with Crippen LogP contribution in [0.2, 0.25) is 0 Å². The molecule has 0 aromatic heterocycles. The van der Waals surface area contributed by atoms with Crippen LogP contribution in [0.25, 0.3) is 0 Å². The van der Waals surface area contributed by atoms with Gasteiger partial charge in [-0.3, -0.25) is 4.79 Å². The molecule has 4 saturated carbocycles. The van der Waals surface area contributed by atoms with E-state index >= 15 is 0 Å². The van der Waals surface area contributed by atoms with Crippen molar-refractivity contribution in [3.63, 3.8) is 0 Å². The maximum Gasteiger partial charge on any atom is 0.240 e. The van der Waals surface area contributed by atoms with E-state index in [1.54, 1.807) is 0 Å². The van der Waals surface area contributed by atoms with E-state index in [0.717, 1.165) is 36.8 Å². The molecule has 3 heteroatoms. The summed E-state index contributed by atoms with van der Waals surface area (Å²) in [4.78, 5) is 12.4. The number of hydrogen-bond acceptors (Lipinski definition) is 2. The number of amides is 1. The Hall–Kier alpha value is -0.570. The Bertz CT molecular complexity index is 353. The van der Waals surface area contributed by atoms with Gasteiger partial charge in [-0.25, -0.2) is 0 Å². The Balaban J connectivity index is 1.66. The predicted molar refractivity (Wildman–Crippen MR) is 70.0 cm³/mol. The van der Waals surface area contributed by atoms with Crippen LogP contribution in [0.4, 0.5) is 0 Å². The summed E-state index contributed by atoms with van der Waals surface area (Å²) in [6, 6.07) is 0. The molecule has 0 spiro atoms. The van der Waals surface area contributed by atoms with Gasteiger partial charge in [0, 0.05) is 13.1 Å². The van der Waals surface area contributed by atoms with Crippen molar-refractivity contribution >= 4 is 5.91 Å². The standard InChI is InChI=1S/C15H24N2O/c1-15(14(18)16-2-3-17-15)13-11-5-9-4-10(7-11)8-12(13)6-9/h9-13,17H,2-8H2,1H3,(H,16,18). The van der Waals surface area contributed by atoms with Gasteiger partial charge in [0.05, 0.1) is 5.54 Å². The first-order valence-corrected chi connectivity index (χ1v) is 7.70. The first-order valence-electron chi connectivity index (χ1n) is 7.70. The Morgan fingerprint density at radius 3 is 2.17 bits per heavy atom. The van der Waals surface area contributed by atoms with E-state index in [2.05, 4.69) is 17.6 Å². The first kappa shape index (κ1) is 11.3. The summed E-state index contributed by atoms with van der Waals surface area (Å²) >= 11 is 0. The molecule has 3 nitrogen and oxygen atoms in total. The maximum absolute atomic E-state index is 12.4. The van der Waals surface area contributed by atoms with Crippen molar-refractivity contribution in [1.82, 2.24) is 10.6 Å². The Morgan fingerprint density at radius 1 is 1.00 bits per heavy atom. The molecule has 1 saturated heterocycles. The molecule has 1 heterocycles. The van der Waals surface area contributed by atoms with Crippen molar-refractivity contribution in [2.24, 2.45) is 29.6 Å². The largest absolute Gasteiger partial charge is 0.353 e. The van der Waals surface area contributed by atoms with Gasteiger partial charge < -0.3 is 10.6 Å². The molecule has 1 aliphatic heterocycles. The van der Waals surface area contributed by atoms with Crippen LogP contribution in [0.1, 0.15) is 39.0 Å². The molecule has 2 N–H and O–H groups in total. The fraction of sp³-hybridized carbons (Fsp3) is 0.933. The van der Waals surface area contributed by atoms with E-state index < -0.39 is 0 Å². The van der Waals surface area contributed by atoms with Crippen molar-refractivity contribution in [2.75, 3.05) is 13.1 Å². The van der Waals surface area contributed by atoms with Crippen molar-refractivity contribution < 1.29 is 4.79 Å². The average molecular weight is 248 g/mol. The van der Waals surface area contributed by atoms with Crippen LogP contribution in [0.15, 0.2) is 0 Å². The third-order valence-corrected chi connectivity index (χ3v) is 6.27. The van der Waals surface area contributed by atoms with Gasteiger partial charge in [-0.05, 0) is 68.6 Å². The van der Waals surface area contributed by atoms with Crippen molar-refractivity contribution in [3.8, 4) is 0 Å². The fourth-order valence-corrected chi connectivity index (χ4v) is 5.90. The highest BCUT2D eigenvalue weighted by molar-refractivity contribution is 5.87. The summed E-state index contributed by atoms with van der Waals surface area (Å²) < 4.78 is 0. The molecule has 1 unspecified atom stereocenters. The van der Waals surface area contributed by atoms with Crippen LogP contribution in [0.3, 0.4) is 0 Å². The van der Waals surface area contributed by atoms with Gasteiger partial charge in [0.25, 0.3) is 0 Å². The minimum atomic E-state index is -0.291. The molecule has 0 aromatic carbocycles. The number of hydrogen-bond donors (Lipinski definition) is 2. The maximum atomic E-state index is 12.4. The molecule has 18 heavy (non-hydrogen) atoms. The highest BCUT2D eigenvalue weighted by atomic mass is 16.2. The summed E-state index contributed by atoms with van der Waals surface area (Å²) in [6.45, 7) is 3.89. The molecule has 1 atom stereocenters. The highest BCUT2D eigenvalue weighted by Crippen LogP contribution is 2.59. The summed E-state index contributed by atoms with van der Waals surface area (Å²) in [7, 11) is 0. The van der Waals surface area contributed by atoms with Crippen molar-refractivity contribution in [2.45, 2.75) is 44.6 Å². The van der Waals surface area contributed by atoms with E-state index in [1.807, 2.05) is 0 Å². The minimum Gasteiger partial charge on any atom is -0.353 e. The normalized spacial score (nSPS) is 54.5. The number of carbonyl (C=O) groups is 1. The van der Waals surface area contributed by atoms with Gasteiger partial charge in [0.1, 0.15) is 0 Å². The van der Waals surface area contributed by atoms with Gasteiger partial charge >= 0.3 is 0 Å². The molecular weight excluding hydrogens is 224 g/mol. The quantitative estimate of drug-likeness (QED) is 0.739. The van der Waals surface area contributed by atoms with Crippen LogP contribution in [0.5, 0.6) is 0 Å². The zero-order chi connectivity index (χ0) is 12.3. The number of piperazine rings is 1. The Kier molecular flexibility index (Phi) is 2.33. The molecule has 100 valence electrons. The van der Waals surface area contributed by atoms with Crippen LogP contribution < -0.4 is 10.6 Å². The first-order chi connectivity index (χ1) is 8.67. The molecule has 5 fully saturated rings. The lowest BCUT2D eigenvalue weighted by Crippen LogP contribution is -2.69. The second kappa shape index (κ2) is 3.72. The SMILES string of the molecule is CC1(C2C3CC4CC(C3)CC2C4)NCCNC1=O. The van der Waals surface area contributed by atoms with Crippen LogP contribution in [-0.2, 0) is 4.79 Å². The summed E-state index contributed by atoms with van der Waals surface area (Å²) in [6.07, 6.45) is 7.05. The van der Waals surface area contributed by atoms with Crippen molar-refractivity contribution in [1.29, 1.82) is 0 Å². The lowest BCUT2D eigenvalue weighted by molar-refractivity contribution is -0.141. The molecule has 4 bridgehead atoms. The molecule has 5 aliphatic rings. The smallest absolute Gasteiger partial charge is 0.240 e. The van der Waals surface area contributed by atoms with Gasteiger partial charge in [0.2, 0.25) is 5.91 Å². The summed E-state index contributed by atoms with van der Waals surface area (Å²) in [5, 5.41) is 6.64. The lowest BCUT2D eigenvalue weighted by Gasteiger charge is -2.59. The van der Waals surface area contributed by atoms with E-state index in [4.69, 9.17) is 0 Å². The van der Waals surface area contributed by atoms with E-state index in [-0.39, 0.29) is 11.4 Å². The second-order valence-corrected chi connectivity index (χ2v) is 7.34. The zero-order valence-corrected chi connectivity index (χ0v) is 11.2. The fourth-order valence-electron chi connectivity index (χ4n) is 5.90. The van der Waals surface area contributed by atoms with E-state index in [0.29, 0.717) is 5.92 Å².